The van der Waals surface area contributed by atoms with Crippen LogP contribution in [0, 0.1) is 0 Å². The van der Waals surface area contributed by atoms with Crippen LogP contribution in [0.2, 0.25) is 0 Å². The van der Waals surface area contributed by atoms with E-state index in [9.17, 15) is 9.90 Å². The number of Topliss-reactive ketones (excluding diaryl/α,β-unsaturated/α-hetero) is 1. The lowest BCUT2D eigenvalue weighted by Crippen LogP contribution is -2.32. The summed E-state index contributed by atoms with van der Waals surface area (Å²) in [6.45, 7) is 2.37. The Labute approximate surface area is 127 Å². The summed E-state index contributed by atoms with van der Waals surface area (Å²) in [6, 6.07) is 8.58. The zero-order valence-corrected chi connectivity index (χ0v) is 13.0. The van der Waals surface area contributed by atoms with Crippen molar-refractivity contribution in [2.24, 2.45) is 0 Å². The van der Waals surface area contributed by atoms with E-state index in [4.69, 9.17) is 0 Å². The Kier molecular flexibility index (Phi) is 3.92. The quantitative estimate of drug-likeness (QED) is 0.883. The van der Waals surface area contributed by atoms with Crippen molar-refractivity contribution in [2.75, 3.05) is 0 Å². The van der Waals surface area contributed by atoms with E-state index in [1.807, 2.05) is 0 Å². The Morgan fingerprint density at radius 2 is 1.38 bits per heavy atom. The zero-order chi connectivity index (χ0) is 14.9. The van der Waals surface area contributed by atoms with Gasteiger partial charge in [0.25, 0.3) is 0 Å². The maximum atomic E-state index is 11.4. The van der Waals surface area contributed by atoms with E-state index in [0.717, 1.165) is 5.56 Å². The van der Waals surface area contributed by atoms with Crippen LogP contribution in [-0.4, -0.2) is 10.9 Å². The molecular formula is C19H26O2. The zero-order valence-electron chi connectivity index (χ0n) is 13.0. The van der Waals surface area contributed by atoms with Gasteiger partial charge in [-0.2, -0.15) is 0 Å². The fourth-order valence-corrected chi connectivity index (χ4v) is 4.03. The van der Waals surface area contributed by atoms with Crippen molar-refractivity contribution in [1.29, 1.82) is 0 Å². The second-order valence-corrected chi connectivity index (χ2v) is 7.27. The van der Waals surface area contributed by atoms with E-state index < -0.39 is 5.60 Å². The molecule has 3 rings (SSSR count). The molecule has 0 radical (unpaired) electrons. The van der Waals surface area contributed by atoms with Crippen LogP contribution >= 0.6 is 0 Å². The molecule has 2 aliphatic rings. The Hall–Kier alpha value is -1.15. The Morgan fingerprint density at radius 3 is 1.95 bits per heavy atom. The van der Waals surface area contributed by atoms with Gasteiger partial charge in [-0.3, -0.25) is 4.79 Å². The van der Waals surface area contributed by atoms with Crippen LogP contribution in [0.5, 0.6) is 0 Å². The predicted octanol–water partition coefficient (Wildman–Crippen LogP) is 4.24. The minimum Gasteiger partial charge on any atom is -0.385 e. The standard InChI is InChI=1S/C19H26O2/c1-18(11-3-2-4-12-18)15-5-7-16(8-6-15)19(21)13-9-17(20)10-14-19/h5-8,21H,2-4,9-14H2,1H3. The largest absolute Gasteiger partial charge is 0.385 e. The second-order valence-electron chi connectivity index (χ2n) is 7.27. The molecule has 0 atom stereocenters. The molecule has 0 aliphatic heterocycles. The third-order valence-corrected chi connectivity index (χ3v) is 5.71. The van der Waals surface area contributed by atoms with Crippen LogP contribution in [0.4, 0.5) is 0 Å². The van der Waals surface area contributed by atoms with Crippen molar-refractivity contribution in [1.82, 2.24) is 0 Å². The maximum absolute atomic E-state index is 11.4. The summed E-state index contributed by atoms with van der Waals surface area (Å²) in [5, 5.41) is 10.8. The van der Waals surface area contributed by atoms with E-state index in [0.29, 0.717) is 31.1 Å². The van der Waals surface area contributed by atoms with E-state index in [-0.39, 0.29) is 5.78 Å². The van der Waals surface area contributed by atoms with Gasteiger partial charge in [0.15, 0.2) is 0 Å². The smallest absolute Gasteiger partial charge is 0.133 e. The number of hydrogen-bond acceptors (Lipinski definition) is 2. The van der Waals surface area contributed by atoms with Gasteiger partial charge in [0.2, 0.25) is 0 Å². The first-order valence-corrected chi connectivity index (χ1v) is 8.37. The SMILES string of the molecule is CC1(c2ccc(C3(O)CCC(=O)CC3)cc2)CCCCC1. The minimum atomic E-state index is -0.792. The number of carbonyl (C=O) groups excluding carboxylic acids is 1. The van der Waals surface area contributed by atoms with Crippen molar-refractivity contribution < 1.29 is 9.90 Å². The summed E-state index contributed by atoms with van der Waals surface area (Å²) in [6.07, 6.45) is 8.71. The van der Waals surface area contributed by atoms with Crippen LogP contribution in [-0.2, 0) is 15.8 Å². The first-order chi connectivity index (χ1) is 10.0. The molecular weight excluding hydrogens is 260 g/mol. The van der Waals surface area contributed by atoms with Gasteiger partial charge >= 0.3 is 0 Å². The van der Waals surface area contributed by atoms with Crippen molar-refractivity contribution >= 4 is 5.78 Å². The topological polar surface area (TPSA) is 37.3 Å². The predicted molar refractivity (Wildman–Crippen MR) is 84.3 cm³/mol. The third-order valence-electron chi connectivity index (χ3n) is 5.71. The normalized spacial score (nSPS) is 24.8. The van der Waals surface area contributed by atoms with Crippen LogP contribution in [0.1, 0.15) is 75.8 Å². The summed E-state index contributed by atoms with van der Waals surface area (Å²) in [5.41, 5.74) is 1.90. The number of rotatable bonds is 2. The molecule has 2 saturated carbocycles. The van der Waals surface area contributed by atoms with Gasteiger partial charge < -0.3 is 5.11 Å². The fourth-order valence-electron chi connectivity index (χ4n) is 4.03. The first-order valence-electron chi connectivity index (χ1n) is 8.37. The van der Waals surface area contributed by atoms with Gasteiger partial charge in [-0.05, 0) is 42.2 Å². The molecule has 114 valence electrons. The summed E-state index contributed by atoms with van der Waals surface area (Å²) < 4.78 is 0. The molecule has 2 heteroatoms. The van der Waals surface area contributed by atoms with Crippen LogP contribution < -0.4 is 0 Å². The molecule has 0 heterocycles. The lowest BCUT2D eigenvalue weighted by Gasteiger charge is -2.35. The molecule has 2 fully saturated rings. The highest BCUT2D eigenvalue weighted by atomic mass is 16.3. The maximum Gasteiger partial charge on any atom is 0.133 e. The molecule has 2 aliphatic carbocycles. The van der Waals surface area contributed by atoms with E-state index >= 15 is 0 Å². The molecule has 1 N–H and O–H groups in total. The lowest BCUT2D eigenvalue weighted by molar-refractivity contribution is -0.125. The number of aliphatic hydroxyl groups is 1. The highest BCUT2D eigenvalue weighted by Gasteiger charge is 2.35. The van der Waals surface area contributed by atoms with E-state index in [1.165, 1.54) is 37.7 Å². The molecule has 21 heavy (non-hydrogen) atoms. The van der Waals surface area contributed by atoms with Crippen LogP contribution in [0.15, 0.2) is 24.3 Å². The van der Waals surface area contributed by atoms with Crippen LogP contribution in [0.25, 0.3) is 0 Å². The average Bonchev–Trinajstić information content (AvgIpc) is 2.51. The summed E-state index contributed by atoms with van der Waals surface area (Å²) in [4.78, 5) is 11.4. The summed E-state index contributed by atoms with van der Waals surface area (Å²) in [7, 11) is 0. The van der Waals surface area contributed by atoms with Crippen molar-refractivity contribution in [3.05, 3.63) is 35.4 Å². The van der Waals surface area contributed by atoms with E-state index in [2.05, 4.69) is 31.2 Å². The monoisotopic (exact) mass is 286 g/mol. The van der Waals surface area contributed by atoms with Gasteiger partial charge in [-0.15, -0.1) is 0 Å². The third kappa shape index (κ3) is 2.91. The lowest BCUT2D eigenvalue weighted by atomic mass is 9.70. The van der Waals surface area contributed by atoms with Crippen molar-refractivity contribution in [3.8, 4) is 0 Å². The number of benzene rings is 1. The molecule has 2 nitrogen and oxygen atoms in total. The van der Waals surface area contributed by atoms with E-state index in [1.54, 1.807) is 0 Å². The highest BCUT2D eigenvalue weighted by Crippen LogP contribution is 2.41. The average molecular weight is 286 g/mol. The van der Waals surface area contributed by atoms with Crippen LogP contribution in [0.3, 0.4) is 0 Å². The number of ketones is 1. The summed E-state index contributed by atoms with van der Waals surface area (Å²) >= 11 is 0. The molecule has 1 aromatic rings. The number of carbonyl (C=O) groups is 1. The highest BCUT2D eigenvalue weighted by molar-refractivity contribution is 5.79. The Bertz CT molecular complexity index is 499. The molecule has 0 spiro atoms. The first kappa shape index (κ1) is 14.8. The van der Waals surface area contributed by atoms with Gasteiger partial charge in [-0.1, -0.05) is 50.5 Å². The Morgan fingerprint density at radius 1 is 0.857 bits per heavy atom. The molecule has 0 amide bonds. The van der Waals surface area contributed by atoms with Gasteiger partial charge in [0, 0.05) is 12.8 Å². The summed E-state index contributed by atoms with van der Waals surface area (Å²) in [5.74, 6) is 0.283. The molecule has 0 saturated heterocycles. The Balaban J connectivity index is 1.79. The van der Waals surface area contributed by atoms with Gasteiger partial charge in [-0.25, -0.2) is 0 Å². The second kappa shape index (κ2) is 5.57. The molecule has 0 aromatic heterocycles. The van der Waals surface area contributed by atoms with Gasteiger partial charge in [0.05, 0.1) is 5.60 Å². The van der Waals surface area contributed by atoms with Crippen molar-refractivity contribution in [2.45, 2.75) is 75.7 Å². The van der Waals surface area contributed by atoms with Gasteiger partial charge in [0.1, 0.15) is 5.78 Å². The van der Waals surface area contributed by atoms with Crippen molar-refractivity contribution in [3.63, 3.8) is 0 Å². The fraction of sp³-hybridized carbons (Fsp3) is 0.632. The molecule has 1 aromatic carbocycles. The number of hydrogen-bond donors (Lipinski definition) is 1. The molecule has 0 bridgehead atoms. The molecule has 0 unspecified atom stereocenters. The minimum absolute atomic E-state index is 0.283.